The first-order valence-corrected chi connectivity index (χ1v) is 12.2. The van der Waals surface area contributed by atoms with Gasteiger partial charge in [0.05, 0.1) is 5.56 Å². The number of nitrogens with two attached hydrogens (primary N) is 1. The molecule has 3 N–H and O–H groups in total. The number of amides is 2. The zero-order valence-electron chi connectivity index (χ0n) is 20.5. The van der Waals surface area contributed by atoms with Crippen LogP contribution in [0.1, 0.15) is 47.0 Å². The molecule has 1 aliphatic rings. The minimum absolute atomic E-state index is 0.0357. The molecule has 0 saturated heterocycles. The van der Waals surface area contributed by atoms with E-state index in [0.29, 0.717) is 19.3 Å². The molecule has 0 radical (unpaired) electrons. The van der Waals surface area contributed by atoms with E-state index in [9.17, 15) is 79.8 Å². The second-order valence-electron chi connectivity index (χ2n) is 9.29. The van der Waals surface area contributed by atoms with Gasteiger partial charge < -0.3 is 11.1 Å². The number of anilines is 1. The summed E-state index contributed by atoms with van der Waals surface area (Å²) in [6, 6.07) is 0. The van der Waals surface area contributed by atoms with Crippen molar-refractivity contribution in [2.75, 3.05) is 5.32 Å². The van der Waals surface area contributed by atoms with Crippen molar-refractivity contribution in [3.05, 3.63) is 16.0 Å². The zero-order chi connectivity index (χ0) is 33.1. The summed E-state index contributed by atoms with van der Waals surface area (Å²) in [4.78, 5) is 24.1. The molecule has 2 amide bonds. The van der Waals surface area contributed by atoms with Crippen molar-refractivity contribution in [2.45, 2.75) is 86.9 Å². The van der Waals surface area contributed by atoms with Gasteiger partial charge in [0.15, 0.2) is 0 Å². The molecule has 0 aromatic carbocycles. The summed E-state index contributed by atoms with van der Waals surface area (Å²) in [5, 5.41) is -0.172. The van der Waals surface area contributed by atoms with Crippen LogP contribution in [0.2, 0.25) is 0 Å². The zero-order valence-corrected chi connectivity index (χ0v) is 21.4. The van der Waals surface area contributed by atoms with Crippen molar-refractivity contribution in [3.8, 4) is 0 Å². The van der Waals surface area contributed by atoms with E-state index in [2.05, 4.69) is 0 Å². The third-order valence-corrected chi connectivity index (χ3v) is 7.66. The molecule has 0 saturated carbocycles. The molecular formula is C21H18F16N2O2S. The minimum Gasteiger partial charge on any atom is -0.365 e. The van der Waals surface area contributed by atoms with Crippen LogP contribution in [0.4, 0.5) is 75.2 Å². The number of hydrogen-bond acceptors (Lipinski definition) is 3. The van der Waals surface area contributed by atoms with Crippen LogP contribution >= 0.6 is 11.3 Å². The molecule has 242 valence electrons. The van der Waals surface area contributed by atoms with E-state index in [1.807, 2.05) is 0 Å². The fraction of sp³-hybridized carbons (Fsp3) is 0.714. The Kier molecular flexibility index (Phi) is 9.27. The minimum atomic E-state index is -8.62. The summed E-state index contributed by atoms with van der Waals surface area (Å²) in [7, 11) is 0. The lowest BCUT2D eigenvalue weighted by Gasteiger charge is -2.42. The van der Waals surface area contributed by atoms with Crippen molar-refractivity contribution < 1.29 is 79.8 Å². The number of alkyl halides is 16. The number of halogens is 16. The number of carbonyl (C=O) groups excluding carboxylic acids is 2. The molecule has 2 rings (SSSR count). The van der Waals surface area contributed by atoms with Gasteiger partial charge in [0, 0.05) is 4.88 Å². The normalized spacial score (nSPS) is 17.8. The standard InChI is InChI=1S/C21H18F16N2O2S/c1-2-3-7-4-5-8-9(6-7)42-12(10(8)11(38)40)39-14(41)16(26,27)18(30,31)20(34,35)21(36,37)19(32,33)17(28,29)15(24,25)13(22)23/h7,13H,2-6H2,1H3,(H2,38,40)(H,39,41). The maximum atomic E-state index is 14.3. The highest BCUT2D eigenvalue weighted by molar-refractivity contribution is 7.17. The van der Waals surface area contributed by atoms with Crippen LogP contribution in [0.15, 0.2) is 0 Å². The van der Waals surface area contributed by atoms with Gasteiger partial charge in [-0.2, -0.15) is 61.5 Å². The van der Waals surface area contributed by atoms with Crippen LogP contribution in [0.3, 0.4) is 0 Å². The van der Waals surface area contributed by atoms with Gasteiger partial charge in [-0.1, -0.05) is 19.8 Å². The lowest BCUT2D eigenvalue weighted by molar-refractivity contribution is -0.443. The monoisotopic (exact) mass is 666 g/mol. The van der Waals surface area contributed by atoms with Gasteiger partial charge in [-0.3, -0.25) is 9.59 Å². The molecular weight excluding hydrogens is 648 g/mol. The van der Waals surface area contributed by atoms with Gasteiger partial charge in [0.1, 0.15) is 5.00 Å². The molecule has 1 unspecified atom stereocenters. The van der Waals surface area contributed by atoms with Crippen LogP contribution in [-0.2, 0) is 17.6 Å². The fourth-order valence-corrected chi connectivity index (χ4v) is 5.48. The van der Waals surface area contributed by atoms with Crippen LogP contribution in [0.5, 0.6) is 0 Å². The van der Waals surface area contributed by atoms with Crippen LogP contribution in [-0.4, -0.2) is 59.7 Å². The molecule has 0 bridgehead atoms. The second kappa shape index (κ2) is 10.9. The molecule has 0 fully saturated rings. The predicted molar refractivity (Wildman–Crippen MR) is 113 cm³/mol. The highest BCUT2D eigenvalue weighted by atomic mass is 32.1. The third kappa shape index (κ3) is 5.05. The molecule has 1 aromatic rings. The molecule has 1 aliphatic carbocycles. The van der Waals surface area contributed by atoms with Crippen LogP contribution in [0.25, 0.3) is 0 Å². The van der Waals surface area contributed by atoms with Gasteiger partial charge in [0.25, 0.3) is 5.91 Å². The summed E-state index contributed by atoms with van der Waals surface area (Å²) >= 11 is 0.281. The number of nitrogens with one attached hydrogen (secondary N) is 1. The van der Waals surface area contributed by atoms with E-state index in [1.165, 1.54) is 0 Å². The summed E-state index contributed by atoms with van der Waals surface area (Å²) in [5.74, 6) is -61.9. The highest BCUT2D eigenvalue weighted by Gasteiger charge is 2.94. The largest absolute Gasteiger partial charge is 0.393 e. The van der Waals surface area contributed by atoms with Gasteiger partial charge in [-0.25, -0.2) is 8.78 Å². The average molecular weight is 666 g/mol. The lowest BCUT2D eigenvalue weighted by atomic mass is 9.84. The molecule has 1 heterocycles. The summed E-state index contributed by atoms with van der Waals surface area (Å²) in [5.41, 5.74) is 4.40. The molecule has 21 heteroatoms. The molecule has 42 heavy (non-hydrogen) atoms. The van der Waals surface area contributed by atoms with Gasteiger partial charge in [-0.15, -0.1) is 11.3 Å². The Morgan fingerprint density at radius 1 is 0.857 bits per heavy atom. The number of hydrogen-bond donors (Lipinski definition) is 2. The quantitative estimate of drug-likeness (QED) is 0.228. The fourth-order valence-electron chi connectivity index (χ4n) is 4.12. The molecule has 0 aliphatic heterocycles. The van der Waals surface area contributed by atoms with Gasteiger partial charge >= 0.3 is 53.8 Å². The van der Waals surface area contributed by atoms with Crippen molar-refractivity contribution in [1.82, 2.24) is 0 Å². The number of carbonyl (C=O) groups is 2. The Labute approximate surface area is 228 Å². The Hall–Kier alpha value is -2.48. The second-order valence-corrected chi connectivity index (χ2v) is 10.4. The third-order valence-electron chi connectivity index (χ3n) is 6.49. The van der Waals surface area contributed by atoms with E-state index in [0.717, 1.165) is 5.32 Å². The van der Waals surface area contributed by atoms with Crippen LogP contribution in [0, 0.1) is 5.92 Å². The van der Waals surface area contributed by atoms with Gasteiger partial charge in [0.2, 0.25) is 0 Å². The van der Waals surface area contributed by atoms with E-state index in [-0.39, 0.29) is 40.5 Å². The van der Waals surface area contributed by atoms with Crippen LogP contribution < -0.4 is 11.1 Å². The van der Waals surface area contributed by atoms with Crippen molar-refractivity contribution in [3.63, 3.8) is 0 Å². The first-order chi connectivity index (χ1) is 18.7. The molecule has 4 nitrogen and oxygen atoms in total. The number of rotatable bonds is 12. The molecule has 1 aromatic heterocycles. The van der Waals surface area contributed by atoms with E-state index < -0.39 is 70.3 Å². The van der Waals surface area contributed by atoms with E-state index in [4.69, 9.17) is 5.73 Å². The molecule has 0 spiro atoms. The Morgan fingerprint density at radius 2 is 1.33 bits per heavy atom. The molecule has 1 atom stereocenters. The maximum absolute atomic E-state index is 14.3. The van der Waals surface area contributed by atoms with Gasteiger partial charge in [-0.05, 0) is 30.7 Å². The Bertz CT molecular complexity index is 1200. The topological polar surface area (TPSA) is 72.2 Å². The smallest absolute Gasteiger partial charge is 0.365 e. The summed E-state index contributed by atoms with van der Waals surface area (Å²) < 4.78 is 217. The maximum Gasteiger partial charge on any atom is 0.393 e. The number of thiophene rings is 1. The summed E-state index contributed by atoms with van der Waals surface area (Å²) in [6.45, 7) is 1.80. The summed E-state index contributed by atoms with van der Waals surface area (Å²) in [6.07, 6.45) is -4.09. The first kappa shape index (κ1) is 35.7. The predicted octanol–water partition coefficient (Wildman–Crippen LogP) is 7.40. The van der Waals surface area contributed by atoms with E-state index >= 15 is 0 Å². The van der Waals surface area contributed by atoms with Crippen molar-refractivity contribution >= 4 is 28.2 Å². The number of fused-ring (bicyclic) bond motifs is 1. The van der Waals surface area contributed by atoms with E-state index in [1.54, 1.807) is 6.92 Å². The Balaban J connectivity index is 2.53. The van der Waals surface area contributed by atoms with Crippen molar-refractivity contribution in [1.29, 1.82) is 0 Å². The Morgan fingerprint density at radius 3 is 1.79 bits per heavy atom. The lowest BCUT2D eigenvalue weighted by Crippen LogP contribution is -2.74. The average Bonchev–Trinajstić information content (AvgIpc) is 3.20. The number of primary amides is 1. The van der Waals surface area contributed by atoms with Crippen molar-refractivity contribution in [2.24, 2.45) is 11.7 Å². The highest BCUT2D eigenvalue weighted by Crippen LogP contribution is 2.63. The first-order valence-electron chi connectivity index (χ1n) is 11.4. The SMILES string of the molecule is CCCC1CCc2c(sc(NC(=O)C(F)(F)C(F)(F)C(F)(F)C(F)(F)C(F)(F)C(F)(F)C(F)(F)C(F)F)c2C(N)=O)C1.